The number of hydrogen-bond acceptors (Lipinski definition) is 1. The van der Waals surface area contributed by atoms with Crippen molar-refractivity contribution >= 4 is 31.5 Å². The Bertz CT molecular complexity index is 115. The first-order valence-electron chi connectivity index (χ1n) is 3.08. The average molecular weight is 160 g/mol. The first-order valence-corrected chi connectivity index (χ1v) is 3.08. The molecule has 0 heterocycles. The number of hydrogen-bond donors (Lipinski definition) is 0. The summed E-state index contributed by atoms with van der Waals surface area (Å²) in [4.78, 5) is 0. The SMILES string of the molecule is C[C-]=C/C=C(\CC)OC.[B-].[Mg+2]. The largest absolute Gasteiger partial charge is 2.00 e. The molecule has 56 valence electrons. The van der Waals surface area contributed by atoms with Crippen LogP contribution in [0.25, 0.3) is 0 Å². The molecule has 0 aromatic heterocycles. The van der Waals surface area contributed by atoms with Gasteiger partial charge in [0.2, 0.25) is 0 Å². The van der Waals surface area contributed by atoms with Gasteiger partial charge in [-0.2, -0.15) is 6.08 Å². The molecule has 0 aromatic carbocycles. The number of allylic oxidation sites excluding steroid dienone is 4. The fourth-order valence-electron chi connectivity index (χ4n) is 0.507. The third-order valence-electron chi connectivity index (χ3n) is 1.05. The maximum atomic E-state index is 4.99. The van der Waals surface area contributed by atoms with Gasteiger partial charge in [0.05, 0.1) is 7.11 Å². The van der Waals surface area contributed by atoms with E-state index in [1.807, 2.05) is 19.1 Å². The van der Waals surface area contributed by atoms with Crippen LogP contribution in [0.15, 0.2) is 17.9 Å². The average Bonchev–Trinajstić information content (AvgIpc) is 1.91. The Morgan fingerprint density at radius 1 is 1.55 bits per heavy atom. The van der Waals surface area contributed by atoms with Crippen LogP contribution in [-0.2, 0) is 4.74 Å². The molecule has 11 heavy (non-hydrogen) atoms. The van der Waals surface area contributed by atoms with Gasteiger partial charge < -0.3 is 13.1 Å². The summed E-state index contributed by atoms with van der Waals surface area (Å²) in [6.07, 6.45) is 7.59. The van der Waals surface area contributed by atoms with Crippen LogP contribution in [0.5, 0.6) is 0 Å². The fraction of sp³-hybridized carbons (Fsp3) is 0.500. The zero-order chi connectivity index (χ0) is 7.11. The van der Waals surface area contributed by atoms with Crippen molar-refractivity contribution in [3.63, 3.8) is 0 Å². The van der Waals surface area contributed by atoms with E-state index in [1.54, 1.807) is 7.11 Å². The molecule has 0 bridgehead atoms. The summed E-state index contributed by atoms with van der Waals surface area (Å²) in [6.45, 7) is 3.91. The molecule has 0 aliphatic rings. The standard InChI is InChI=1S/C8H13O.B.Mg/c1-4-6-7-8(5-2)9-3;;/h6-7H,5H2,1-3H3;;/q2*-1;+2/b8-7+;;. The molecule has 0 amide bonds. The second-order valence-electron chi connectivity index (χ2n) is 1.65. The van der Waals surface area contributed by atoms with E-state index >= 15 is 0 Å². The minimum atomic E-state index is 0. The Morgan fingerprint density at radius 2 is 2.09 bits per heavy atom. The van der Waals surface area contributed by atoms with Crippen molar-refractivity contribution in [1.82, 2.24) is 0 Å². The van der Waals surface area contributed by atoms with Crippen LogP contribution in [-0.4, -0.2) is 38.6 Å². The quantitative estimate of drug-likeness (QED) is 0.263. The Hall–Kier alpha value is 0.111. The molecule has 0 rings (SSSR count). The van der Waals surface area contributed by atoms with Crippen LogP contribution in [0.2, 0.25) is 0 Å². The molecule has 0 saturated heterocycles. The van der Waals surface area contributed by atoms with E-state index in [-0.39, 0.29) is 31.5 Å². The Morgan fingerprint density at radius 3 is 2.36 bits per heavy atom. The molecule has 3 heteroatoms. The number of rotatable bonds is 3. The molecule has 0 aliphatic carbocycles. The van der Waals surface area contributed by atoms with Crippen molar-refractivity contribution in [2.75, 3.05) is 7.11 Å². The smallest absolute Gasteiger partial charge is 1.00 e. The van der Waals surface area contributed by atoms with E-state index in [9.17, 15) is 0 Å². The van der Waals surface area contributed by atoms with Crippen LogP contribution < -0.4 is 0 Å². The minimum Gasteiger partial charge on any atom is -1.00 e. The summed E-state index contributed by atoms with van der Waals surface area (Å²) in [5, 5.41) is 0. The van der Waals surface area contributed by atoms with Crippen molar-refractivity contribution in [2.24, 2.45) is 0 Å². The van der Waals surface area contributed by atoms with E-state index in [4.69, 9.17) is 4.74 Å². The summed E-state index contributed by atoms with van der Waals surface area (Å²) in [7, 11) is 1.68. The van der Waals surface area contributed by atoms with Gasteiger partial charge in [-0.1, -0.05) is 6.92 Å². The van der Waals surface area contributed by atoms with Gasteiger partial charge in [0.1, 0.15) is 0 Å². The van der Waals surface area contributed by atoms with Gasteiger partial charge in [0.25, 0.3) is 0 Å². The maximum Gasteiger partial charge on any atom is 2.00 e. The molecule has 0 fully saturated rings. The predicted octanol–water partition coefficient (Wildman–Crippen LogP) is 1.54. The van der Waals surface area contributed by atoms with Crippen molar-refractivity contribution in [3.8, 4) is 0 Å². The third kappa shape index (κ3) is 10.1. The fourth-order valence-corrected chi connectivity index (χ4v) is 0.507. The zero-order valence-corrected chi connectivity index (χ0v) is 8.97. The maximum absolute atomic E-state index is 4.99. The summed E-state index contributed by atoms with van der Waals surface area (Å²) < 4.78 is 4.99. The van der Waals surface area contributed by atoms with E-state index in [0.29, 0.717) is 0 Å². The molecular weight excluding hydrogens is 147 g/mol. The number of ether oxygens (including phenoxy) is 1. The topological polar surface area (TPSA) is 9.23 Å². The van der Waals surface area contributed by atoms with E-state index in [0.717, 1.165) is 12.2 Å². The van der Waals surface area contributed by atoms with Crippen LogP contribution in [0.3, 0.4) is 0 Å². The normalized spacial score (nSPS) is 10.3. The van der Waals surface area contributed by atoms with Crippen molar-refractivity contribution in [3.05, 3.63) is 24.0 Å². The second kappa shape index (κ2) is 12.8. The Balaban J connectivity index is -0.000000320. The summed E-state index contributed by atoms with van der Waals surface area (Å²) >= 11 is 0. The van der Waals surface area contributed by atoms with Gasteiger partial charge >= 0.3 is 23.1 Å². The summed E-state index contributed by atoms with van der Waals surface area (Å²) in [5.74, 6) is 0.990. The molecule has 0 aliphatic heterocycles. The van der Waals surface area contributed by atoms with Crippen LogP contribution >= 0.6 is 0 Å². The molecule has 0 N–H and O–H groups in total. The van der Waals surface area contributed by atoms with Crippen molar-refractivity contribution in [2.45, 2.75) is 20.3 Å². The molecule has 0 unspecified atom stereocenters. The van der Waals surface area contributed by atoms with Crippen LogP contribution in [0, 0.1) is 6.08 Å². The summed E-state index contributed by atoms with van der Waals surface area (Å²) in [6, 6.07) is 0. The van der Waals surface area contributed by atoms with E-state index < -0.39 is 0 Å². The number of methoxy groups -OCH3 is 1. The van der Waals surface area contributed by atoms with E-state index in [2.05, 4.69) is 13.0 Å². The van der Waals surface area contributed by atoms with Gasteiger partial charge in [-0.25, -0.2) is 6.08 Å². The van der Waals surface area contributed by atoms with Crippen molar-refractivity contribution < 1.29 is 4.74 Å². The Kier molecular flexibility index (Phi) is 20.0. The van der Waals surface area contributed by atoms with Crippen LogP contribution in [0.4, 0.5) is 0 Å². The summed E-state index contributed by atoms with van der Waals surface area (Å²) in [5.41, 5.74) is 0. The van der Waals surface area contributed by atoms with Gasteiger partial charge in [0.15, 0.2) is 0 Å². The van der Waals surface area contributed by atoms with Gasteiger partial charge in [0, 0.05) is 5.76 Å². The molecule has 0 atom stereocenters. The van der Waals surface area contributed by atoms with Crippen LogP contribution in [0.1, 0.15) is 20.3 Å². The molecule has 1 nitrogen and oxygen atoms in total. The Labute approximate surface area is 87.6 Å². The molecular formula is C8H13BMgO. The monoisotopic (exact) mass is 160 g/mol. The molecule has 0 spiro atoms. The molecule has 4 radical (unpaired) electrons. The van der Waals surface area contributed by atoms with Gasteiger partial charge in [-0.05, 0) is 6.42 Å². The third-order valence-corrected chi connectivity index (χ3v) is 1.05. The molecule has 0 saturated carbocycles. The second-order valence-corrected chi connectivity index (χ2v) is 1.65. The first-order chi connectivity index (χ1) is 4.35. The first kappa shape index (κ1) is 17.3. The van der Waals surface area contributed by atoms with Crippen molar-refractivity contribution in [1.29, 1.82) is 0 Å². The molecule has 0 aromatic rings. The van der Waals surface area contributed by atoms with Gasteiger partial charge in [-0.15, -0.1) is 6.92 Å². The van der Waals surface area contributed by atoms with Gasteiger partial charge in [-0.3, -0.25) is 6.08 Å². The predicted molar refractivity (Wildman–Crippen MR) is 50.4 cm³/mol. The zero-order valence-electron chi connectivity index (χ0n) is 7.55. The minimum absolute atomic E-state index is 0. The van der Waals surface area contributed by atoms with E-state index in [1.165, 1.54) is 0 Å².